The van der Waals surface area contributed by atoms with Gasteiger partial charge in [0.15, 0.2) is 0 Å². The van der Waals surface area contributed by atoms with Crippen molar-refractivity contribution < 1.29 is 35.6 Å². The van der Waals surface area contributed by atoms with E-state index in [1.165, 1.54) is 6.92 Å². The van der Waals surface area contributed by atoms with E-state index in [0.29, 0.717) is 12.1 Å². The molecule has 0 heterocycles. The smallest absolute Gasteiger partial charge is 0.325 e. The molecular weight excluding hydrogens is 430 g/mol. The first kappa shape index (κ1) is 23.3. The summed E-state index contributed by atoms with van der Waals surface area (Å²) < 4.78 is 79.5. The predicted molar refractivity (Wildman–Crippen MR) is 101 cm³/mol. The van der Waals surface area contributed by atoms with Gasteiger partial charge in [0.05, 0.1) is 27.4 Å². The Hall–Kier alpha value is -2.99. The zero-order chi connectivity index (χ0) is 22.7. The van der Waals surface area contributed by atoms with Crippen molar-refractivity contribution in [1.82, 2.24) is 4.72 Å². The lowest BCUT2D eigenvalue weighted by molar-refractivity contribution is -0.137. The topological polar surface area (TPSA) is 104 Å². The van der Waals surface area contributed by atoms with Gasteiger partial charge in [-0.05, 0) is 36.4 Å². The fourth-order valence-electron chi connectivity index (χ4n) is 2.43. The van der Waals surface area contributed by atoms with Crippen LogP contribution in [0.2, 0.25) is 0 Å². The molecular formula is C18H17F4N3O4S. The number of sulfonamides is 1. The maximum atomic E-state index is 14.2. The Bertz CT molecular complexity index is 1090. The van der Waals surface area contributed by atoms with E-state index in [9.17, 15) is 35.6 Å². The van der Waals surface area contributed by atoms with Gasteiger partial charge < -0.3 is 10.6 Å². The number of nitrogens with one attached hydrogen (secondary N) is 3. The zero-order valence-corrected chi connectivity index (χ0v) is 16.5. The first-order valence-electron chi connectivity index (χ1n) is 8.44. The van der Waals surface area contributed by atoms with Gasteiger partial charge in [0.2, 0.25) is 15.9 Å². The van der Waals surface area contributed by atoms with Crippen molar-refractivity contribution in [1.29, 1.82) is 0 Å². The maximum absolute atomic E-state index is 14.2. The van der Waals surface area contributed by atoms with Crippen LogP contribution in [0.3, 0.4) is 0 Å². The summed E-state index contributed by atoms with van der Waals surface area (Å²) in [6.07, 6.45) is -4.74. The van der Waals surface area contributed by atoms with Crippen LogP contribution in [-0.2, 0) is 21.0 Å². The largest absolute Gasteiger partial charge is 0.416 e. The number of carbonyl (C=O) groups excluding carboxylic acids is 2. The lowest BCUT2D eigenvalue weighted by atomic mass is 10.1. The molecule has 0 aliphatic rings. The molecule has 0 aliphatic carbocycles. The normalized spacial score (nSPS) is 11.8. The van der Waals surface area contributed by atoms with Crippen LogP contribution in [0.4, 0.5) is 28.9 Å². The van der Waals surface area contributed by atoms with Crippen molar-refractivity contribution in [3.05, 3.63) is 53.3 Å². The molecule has 0 saturated heterocycles. The van der Waals surface area contributed by atoms with Gasteiger partial charge in [-0.15, -0.1) is 0 Å². The third kappa shape index (κ3) is 5.54. The molecule has 2 amide bonds. The number of carbonyl (C=O) groups is 2. The molecule has 0 aromatic heterocycles. The Morgan fingerprint density at radius 1 is 1.00 bits per heavy atom. The quantitative estimate of drug-likeness (QED) is 0.591. The van der Waals surface area contributed by atoms with E-state index >= 15 is 0 Å². The summed E-state index contributed by atoms with van der Waals surface area (Å²) in [6, 6.07) is 4.65. The number of benzene rings is 2. The Labute approximate surface area is 169 Å². The van der Waals surface area contributed by atoms with Gasteiger partial charge >= 0.3 is 6.18 Å². The second-order valence-corrected chi connectivity index (χ2v) is 7.80. The molecule has 0 fully saturated rings. The molecule has 0 spiro atoms. The van der Waals surface area contributed by atoms with E-state index in [-0.39, 0.29) is 12.2 Å². The van der Waals surface area contributed by atoms with Crippen molar-refractivity contribution in [2.24, 2.45) is 0 Å². The summed E-state index contributed by atoms with van der Waals surface area (Å²) in [4.78, 5) is 23.4. The van der Waals surface area contributed by atoms with Crippen LogP contribution in [-0.4, -0.2) is 26.8 Å². The Kier molecular flexibility index (Phi) is 6.83. The second-order valence-electron chi connectivity index (χ2n) is 6.04. The zero-order valence-electron chi connectivity index (χ0n) is 15.7. The van der Waals surface area contributed by atoms with Crippen molar-refractivity contribution in [2.75, 3.05) is 17.2 Å². The number of anilines is 2. The molecule has 0 saturated carbocycles. The van der Waals surface area contributed by atoms with Gasteiger partial charge in [-0.25, -0.2) is 17.5 Å². The Morgan fingerprint density at radius 3 is 2.23 bits per heavy atom. The average molecular weight is 447 g/mol. The van der Waals surface area contributed by atoms with Crippen LogP contribution in [0.15, 0.2) is 41.3 Å². The summed E-state index contributed by atoms with van der Waals surface area (Å²) in [7, 11) is -4.01. The van der Waals surface area contributed by atoms with Gasteiger partial charge in [-0.3, -0.25) is 9.59 Å². The Balaban J connectivity index is 2.47. The summed E-state index contributed by atoms with van der Waals surface area (Å²) in [5, 5.41) is 4.34. The molecule has 12 heteroatoms. The Morgan fingerprint density at radius 2 is 1.67 bits per heavy atom. The highest BCUT2D eigenvalue weighted by Crippen LogP contribution is 2.34. The van der Waals surface area contributed by atoms with E-state index in [4.69, 9.17) is 0 Å². The summed E-state index contributed by atoms with van der Waals surface area (Å²) >= 11 is 0. The monoisotopic (exact) mass is 447 g/mol. The van der Waals surface area contributed by atoms with Crippen molar-refractivity contribution >= 4 is 33.2 Å². The molecule has 30 heavy (non-hydrogen) atoms. The molecule has 0 aliphatic heterocycles. The molecule has 2 aromatic rings. The summed E-state index contributed by atoms with van der Waals surface area (Å²) in [5.74, 6) is -2.90. The molecule has 162 valence electrons. The van der Waals surface area contributed by atoms with Gasteiger partial charge in [-0.1, -0.05) is 6.92 Å². The van der Waals surface area contributed by atoms with Gasteiger partial charge in [0.25, 0.3) is 5.91 Å². The van der Waals surface area contributed by atoms with Gasteiger partial charge in [0.1, 0.15) is 5.82 Å². The van der Waals surface area contributed by atoms with E-state index < -0.39 is 55.5 Å². The molecule has 2 rings (SSSR count). The van der Waals surface area contributed by atoms with Crippen molar-refractivity contribution in [3.8, 4) is 0 Å². The molecule has 7 nitrogen and oxygen atoms in total. The van der Waals surface area contributed by atoms with E-state index in [2.05, 4.69) is 15.4 Å². The second kappa shape index (κ2) is 8.79. The van der Waals surface area contributed by atoms with Crippen LogP contribution in [0, 0.1) is 5.82 Å². The van der Waals surface area contributed by atoms with Crippen LogP contribution in [0.1, 0.15) is 29.8 Å². The number of amides is 2. The van der Waals surface area contributed by atoms with Crippen LogP contribution < -0.4 is 15.4 Å². The highest BCUT2D eigenvalue weighted by Gasteiger charge is 2.31. The average Bonchev–Trinajstić information content (AvgIpc) is 2.61. The minimum Gasteiger partial charge on any atom is -0.325 e. The first-order valence-corrected chi connectivity index (χ1v) is 9.93. The van der Waals surface area contributed by atoms with Gasteiger partial charge in [-0.2, -0.15) is 13.2 Å². The van der Waals surface area contributed by atoms with E-state index in [1.54, 1.807) is 0 Å². The molecule has 0 radical (unpaired) electrons. The SMILES string of the molecule is CCNS(=O)(=O)c1ccc(F)c(C(=O)Nc2cc(C(F)(F)F)ccc2NC(C)=O)c1. The van der Waals surface area contributed by atoms with Crippen molar-refractivity contribution in [3.63, 3.8) is 0 Å². The molecule has 0 atom stereocenters. The number of hydrogen-bond acceptors (Lipinski definition) is 4. The molecule has 2 aromatic carbocycles. The lowest BCUT2D eigenvalue weighted by Crippen LogP contribution is -2.24. The third-order valence-electron chi connectivity index (χ3n) is 3.73. The van der Waals surface area contributed by atoms with Gasteiger partial charge in [0, 0.05) is 13.5 Å². The lowest BCUT2D eigenvalue weighted by Gasteiger charge is -2.15. The fourth-order valence-corrected chi connectivity index (χ4v) is 3.50. The van der Waals surface area contributed by atoms with Crippen molar-refractivity contribution in [2.45, 2.75) is 24.9 Å². The van der Waals surface area contributed by atoms with Crippen LogP contribution >= 0.6 is 0 Å². The minimum absolute atomic E-state index is 0.0472. The molecule has 0 bridgehead atoms. The maximum Gasteiger partial charge on any atom is 0.416 e. The molecule has 0 unspecified atom stereocenters. The summed E-state index contributed by atoms with van der Waals surface area (Å²) in [5.41, 5.74) is -2.42. The third-order valence-corrected chi connectivity index (χ3v) is 5.28. The number of alkyl halides is 3. The highest BCUT2D eigenvalue weighted by molar-refractivity contribution is 7.89. The van der Waals surface area contributed by atoms with E-state index in [0.717, 1.165) is 31.2 Å². The highest BCUT2D eigenvalue weighted by atomic mass is 32.2. The van der Waals surface area contributed by atoms with Crippen LogP contribution in [0.5, 0.6) is 0 Å². The predicted octanol–water partition coefficient (Wildman–Crippen LogP) is 3.35. The number of hydrogen-bond donors (Lipinski definition) is 3. The van der Waals surface area contributed by atoms with Crippen LogP contribution in [0.25, 0.3) is 0 Å². The summed E-state index contributed by atoms with van der Waals surface area (Å²) in [6.45, 7) is 2.68. The first-order chi connectivity index (χ1) is 13.8. The minimum atomic E-state index is -4.74. The number of rotatable bonds is 6. The fraction of sp³-hybridized carbons (Fsp3) is 0.222. The molecule has 3 N–H and O–H groups in total. The standard InChI is InChI=1S/C18H17F4N3O4S/c1-3-23-30(28,29)12-5-6-14(19)13(9-12)17(27)25-16-8-11(18(20,21)22)4-7-15(16)24-10(2)26/h4-9,23H,3H2,1-2H3,(H,24,26)(H,25,27). The number of halogens is 4. The van der Waals surface area contributed by atoms with E-state index in [1.807, 2.05) is 0 Å².